The van der Waals surface area contributed by atoms with Crippen LogP contribution in [0.3, 0.4) is 0 Å². The molecule has 0 rings (SSSR count). The van der Waals surface area contributed by atoms with E-state index >= 15 is 0 Å². The standard InChI is InChI=1S/C2H5NO2/c1-2-3(4)5/h2H2,1H3/i1D. The first kappa shape index (κ1) is 2.63. The molecule has 0 N–H and O–H groups in total. The van der Waals surface area contributed by atoms with Crippen molar-refractivity contribution < 1.29 is 6.29 Å². The van der Waals surface area contributed by atoms with Gasteiger partial charge in [-0.15, -0.1) is 0 Å². The Hall–Kier alpha value is -0.600. The molecule has 0 aromatic carbocycles. The molecule has 3 heteroatoms. The Balaban J connectivity index is 2.83. The Labute approximate surface area is 31.2 Å². The van der Waals surface area contributed by atoms with Crippen molar-refractivity contribution in [3.63, 3.8) is 0 Å². The van der Waals surface area contributed by atoms with E-state index in [0.717, 1.165) is 0 Å². The van der Waals surface area contributed by atoms with Gasteiger partial charge in [0.2, 0.25) is 6.54 Å². The monoisotopic (exact) mass is 76.0 g/mol. The number of hydrogen-bond acceptors (Lipinski definition) is 2. The number of nitrogens with zero attached hydrogens (tertiary/aromatic N) is 1. The van der Waals surface area contributed by atoms with E-state index < -0.39 is 4.92 Å². The molecule has 3 nitrogen and oxygen atoms in total. The molecule has 0 fully saturated rings. The van der Waals surface area contributed by atoms with Gasteiger partial charge in [-0.1, -0.05) is 0 Å². The van der Waals surface area contributed by atoms with E-state index in [0.29, 0.717) is 0 Å². The molecule has 30 valence electrons. The minimum Gasteiger partial charge on any atom is -0.265 e. The molecule has 0 spiro atoms. The summed E-state index contributed by atoms with van der Waals surface area (Å²) in [4.78, 5) is 8.78. The van der Waals surface area contributed by atoms with Crippen LogP contribution in [0.15, 0.2) is 0 Å². The predicted molar refractivity (Wildman–Crippen MR) is 17.5 cm³/mol. The number of hydrogen-bond donors (Lipinski definition) is 0. The summed E-state index contributed by atoms with van der Waals surface area (Å²) in [7, 11) is 0. The summed E-state index contributed by atoms with van der Waals surface area (Å²) in [6.45, 7) is -0.354. The van der Waals surface area contributed by atoms with E-state index in [-0.39, 0.29) is 13.4 Å². The Morgan fingerprint density at radius 1 is 2.40 bits per heavy atom. The Morgan fingerprint density at radius 3 is 3.00 bits per heavy atom. The number of nitro groups is 1. The van der Waals surface area contributed by atoms with Crippen molar-refractivity contribution in [1.29, 1.82) is 0 Å². The van der Waals surface area contributed by atoms with Crippen LogP contribution in [0.25, 0.3) is 0 Å². The maximum Gasteiger partial charge on any atom is 0.201 e. The van der Waals surface area contributed by atoms with Crippen LogP contribution in [0.2, 0.25) is 0 Å². The van der Waals surface area contributed by atoms with Crippen LogP contribution in [0.5, 0.6) is 0 Å². The molecule has 0 bridgehead atoms. The predicted octanol–water partition coefficient (Wildman–Crippen LogP) is 0.283. The second-order valence-electron chi connectivity index (χ2n) is 0.556. The van der Waals surface area contributed by atoms with Gasteiger partial charge in [0.15, 0.2) is 0 Å². The lowest BCUT2D eigenvalue weighted by Gasteiger charge is -1.73. The van der Waals surface area contributed by atoms with Crippen LogP contribution in [0.4, 0.5) is 0 Å². The second-order valence-corrected chi connectivity index (χ2v) is 0.556. The lowest BCUT2D eigenvalue weighted by atomic mass is 10.8. The molecule has 0 aliphatic heterocycles. The molecule has 0 saturated heterocycles. The van der Waals surface area contributed by atoms with Gasteiger partial charge in [-0.25, -0.2) is 0 Å². The average Bonchev–Trinajstić information content (AvgIpc) is 1.35. The van der Waals surface area contributed by atoms with Gasteiger partial charge in [-0.05, 0) is 0 Å². The summed E-state index contributed by atoms with van der Waals surface area (Å²) >= 11 is 0. The van der Waals surface area contributed by atoms with E-state index in [1.165, 1.54) is 0 Å². The highest BCUT2D eigenvalue weighted by Gasteiger charge is 1.76. The molecule has 0 heterocycles. The van der Waals surface area contributed by atoms with Crippen molar-refractivity contribution in [2.24, 2.45) is 0 Å². The highest BCUT2D eigenvalue weighted by atomic mass is 16.6. The molecular formula is C2H5NO2. The molecular weight excluding hydrogens is 70.0 g/mol. The highest BCUT2D eigenvalue weighted by molar-refractivity contribution is 4.04. The molecule has 0 amide bonds. The topological polar surface area (TPSA) is 43.1 Å². The first-order valence-corrected chi connectivity index (χ1v) is 1.18. The Bertz CT molecular complexity index is 55.5. The zero-order valence-electron chi connectivity index (χ0n) is 3.68. The van der Waals surface area contributed by atoms with Crippen LogP contribution in [-0.2, 0) is 0 Å². The normalized spacial score (nSPS) is 10.0. The third kappa shape index (κ3) is 3.40. The molecule has 0 aromatic heterocycles. The second kappa shape index (κ2) is 1.69. The molecule has 0 aliphatic carbocycles. The summed E-state index contributed by atoms with van der Waals surface area (Å²) in [5.41, 5.74) is 0. The summed E-state index contributed by atoms with van der Waals surface area (Å²) in [6.07, 6.45) is 0. The lowest BCUT2D eigenvalue weighted by Crippen LogP contribution is -1.92. The van der Waals surface area contributed by atoms with Gasteiger partial charge in [0.05, 0.1) is 0 Å². The summed E-state index contributed by atoms with van der Waals surface area (Å²) in [5, 5.41) is 9.28. The van der Waals surface area contributed by atoms with Gasteiger partial charge in [0.1, 0.15) is 0 Å². The molecule has 0 radical (unpaired) electrons. The van der Waals surface area contributed by atoms with Crippen LogP contribution in [-0.4, -0.2) is 11.5 Å². The van der Waals surface area contributed by atoms with Gasteiger partial charge >= 0.3 is 0 Å². The Kier molecular flexibility index (Phi) is 0.890. The fourth-order valence-corrected chi connectivity index (χ4v) is 0. The zero-order valence-corrected chi connectivity index (χ0v) is 2.68. The van der Waals surface area contributed by atoms with E-state index in [1.807, 2.05) is 0 Å². The van der Waals surface area contributed by atoms with Crippen molar-refractivity contribution in [3.8, 4) is 0 Å². The highest BCUT2D eigenvalue weighted by Crippen LogP contribution is 1.57. The van der Waals surface area contributed by atoms with Gasteiger partial charge in [0, 0.05) is 13.2 Å². The first-order chi connectivity index (χ1) is 2.77. The zero-order chi connectivity index (χ0) is 4.99. The summed E-state index contributed by atoms with van der Waals surface area (Å²) in [5.74, 6) is 0. The molecule has 0 atom stereocenters. The van der Waals surface area contributed by atoms with E-state index in [2.05, 4.69) is 0 Å². The van der Waals surface area contributed by atoms with Gasteiger partial charge in [-0.3, -0.25) is 10.1 Å². The largest absolute Gasteiger partial charge is 0.265 e. The fourth-order valence-electron chi connectivity index (χ4n) is 0. The Morgan fingerprint density at radius 2 is 3.00 bits per heavy atom. The van der Waals surface area contributed by atoms with Crippen LogP contribution in [0.1, 0.15) is 8.27 Å². The number of rotatable bonds is 1. The van der Waals surface area contributed by atoms with Crippen LogP contribution in [0, 0.1) is 10.1 Å². The smallest absolute Gasteiger partial charge is 0.201 e. The fraction of sp³-hybridized carbons (Fsp3) is 1.00. The van der Waals surface area contributed by atoms with Gasteiger partial charge in [0.25, 0.3) is 0 Å². The summed E-state index contributed by atoms with van der Waals surface area (Å²) in [6, 6.07) is 0. The maximum absolute atomic E-state index is 9.28. The van der Waals surface area contributed by atoms with Crippen molar-refractivity contribution in [3.05, 3.63) is 10.1 Å². The molecule has 0 saturated carbocycles. The van der Waals surface area contributed by atoms with Crippen molar-refractivity contribution in [1.82, 2.24) is 0 Å². The quantitative estimate of drug-likeness (QED) is 0.332. The van der Waals surface area contributed by atoms with Gasteiger partial charge in [-0.2, -0.15) is 0 Å². The molecule has 0 aromatic rings. The summed E-state index contributed by atoms with van der Waals surface area (Å²) < 4.78 is 6.29. The van der Waals surface area contributed by atoms with Crippen LogP contribution >= 0.6 is 0 Å². The molecule has 0 unspecified atom stereocenters. The van der Waals surface area contributed by atoms with Gasteiger partial charge < -0.3 is 0 Å². The molecule has 0 aliphatic rings. The minimum atomic E-state index is -0.507. The van der Waals surface area contributed by atoms with E-state index in [4.69, 9.17) is 1.37 Å². The van der Waals surface area contributed by atoms with Crippen molar-refractivity contribution in [2.45, 2.75) is 6.90 Å². The SMILES string of the molecule is [2H]CC[N+](=O)[O-]. The average molecular weight is 76.1 g/mol. The van der Waals surface area contributed by atoms with E-state index in [1.54, 1.807) is 0 Å². The lowest BCUT2D eigenvalue weighted by molar-refractivity contribution is -0.475. The first-order valence-electron chi connectivity index (χ1n) is 1.89. The van der Waals surface area contributed by atoms with E-state index in [9.17, 15) is 10.1 Å². The van der Waals surface area contributed by atoms with Crippen molar-refractivity contribution in [2.75, 3.05) is 6.54 Å². The van der Waals surface area contributed by atoms with Crippen molar-refractivity contribution >= 4 is 0 Å². The minimum absolute atomic E-state index is 0.118. The molecule has 5 heavy (non-hydrogen) atoms. The third-order valence-corrected chi connectivity index (χ3v) is 0.183. The van der Waals surface area contributed by atoms with Crippen LogP contribution < -0.4 is 0 Å². The maximum atomic E-state index is 9.28. The third-order valence-electron chi connectivity index (χ3n) is 0.183.